The van der Waals surface area contributed by atoms with Crippen molar-refractivity contribution in [3.63, 3.8) is 0 Å². The van der Waals surface area contributed by atoms with E-state index in [1.165, 1.54) is 0 Å². The Balaban J connectivity index is 0.859. The van der Waals surface area contributed by atoms with E-state index < -0.39 is 29.0 Å². The van der Waals surface area contributed by atoms with Gasteiger partial charge in [0, 0.05) is 24.1 Å². The Kier molecular flexibility index (Phi) is 8.51. The predicted molar refractivity (Wildman–Crippen MR) is 156 cm³/mol. The second-order valence-corrected chi connectivity index (χ2v) is 13.7. The van der Waals surface area contributed by atoms with Crippen molar-refractivity contribution < 1.29 is 52.3 Å². The average Bonchev–Trinajstić information content (AvgIpc) is 3.86. The molecule has 6 atom stereocenters. The van der Waals surface area contributed by atoms with Crippen LogP contribution < -0.4 is 10.6 Å². The Morgan fingerprint density at radius 2 is 1.71 bits per heavy atom. The van der Waals surface area contributed by atoms with Crippen LogP contribution in [0.15, 0.2) is 22.8 Å². The van der Waals surface area contributed by atoms with Crippen molar-refractivity contribution in [1.29, 1.82) is 0 Å². The summed E-state index contributed by atoms with van der Waals surface area (Å²) in [5, 5.41) is 5.25. The van der Waals surface area contributed by atoms with Crippen LogP contribution in [0.1, 0.15) is 59.8 Å². The van der Waals surface area contributed by atoms with Gasteiger partial charge in [-0.3, -0.25) is 4.79 Å². The van der Waals surface area contributed by atoms with E-state index in [0.717, 1.165) is 17.6 Å². The minimum Gasteiger partial charge on any atom is -0.458 e. The summed E-state index contributed by atoms with van der Waals surface area (Å²) < 4.78 is 39.3. The van der Waals surface area contributed by atoms with E-state index in [2.05, 4.69) is 17.6 Å². The number of esters is 1. The number of cyclic esters (lactones) is 1. The van der Waals surface area contributed by atoms with Crippen LogP contribution in [0.5, 0.6) is 0 Å². The number of carbonyl (C=O) groups excluding carboxylic acids is 4. The number of fused-ring (bicyclic) bond motifs is 2. The van der Waals surface area contributed by atoms with Gasteiger partial charge in [0.2, 0.25) is 0 Å². The molecular formula is C32H44N2O11. The van der Waals surface area contributed by atoms with Gasteiger partial charge >= 0.3 is 18.2 Å². The highest BCUT2D eigenvalue weighted by Gasteiger charge is 2.92. The molecule has 1 unspecified atom stereocenters. The summed E-state index contributed by atoms with van der Waals surface area (Å²) in [7, 11) is 0. The highest BCUT2D eigenvalue weighted by atomic mass is 16.7. The van der Waals surface area contributed by atoms with E-state index in [1.54, 1.807) is 20.8 Å². The first-order chi connectivity index (χ1) is 21.4. The first kappa shape index (κ1) is 32.0. The summed E-state index contributed by atoms with van der Waals surface area (Å²) in [6.45, 7) is 10.0. The Bertz CT molecular complexity index is 1300. The minimum absolute atomic E-state index is 0.00988. The lowest BCUT2D eigenvalue weighted by molar-refractivity contribution is -0.136. The lowest BCUT2D eigenvalue weighted by Gasteiger charge is -2.51. The zero-order valence-electron chi connectivity index (χ0n) is 26.5. The first-order valence-corrected chi connectivity index (χ1v) is 16.0. The quantitative estimate of drug-likeness (QED) is 0.133. The summed E-state index contributed by atoms with van der Waals surface area (Å²) in [6, 6.07) is 0. The summed E-state index contributed by atoms with van der Waals surface area (Å²) in [4.78, 5) is 49.7. The number of rotatable bonds is 13. The number of epoxide rings is 2. The molecule has 3 heterocycles. The molecule has 3 aliphatic carbocycles. The minimum atomic E-state index is -0.950. The first-order valence-electron chi connectivity index (χ1n) is 16.0. The molecule has 1 saturated carbocycles. The fourth-order valence-electron chi connectivity index (χ4n) is 7.89. The monoisotopic (exact) mass is 632 g/mol. The molecule has 2 saturated heterocycles. The van der Waals surface area contributed by atoms with Crippen molar-refractivity contribution in [3.8, 4) is 0 Å². The molecule has 0 radical (unpaired) electrons. The van der Waals surface area contributed by atoms with Gasteiger partial charge in [-0.25, -0.2) is 14.4 Å². The van der Waals surface area contributed by atoms with Gasteiger partial charge in [0.1, 0.15) is 23.9 Å². The predicted octanol–water partition coefficient (Wildman–Crippen LogP) is 2.51. The van der Waals surface area contributed by atoms with Crippen molar-refractivity contribution in [1.82, 2.24) is 10.6 Å². The third-order valence-electron chi connectivity index (χ3n) is 9.91. The lowest BCUT2D eigenvalue weighted by atomic mass is 9.48. The van der Waals surface area contributed by atoms with Crippen molar-refractivity contribution in [2.24, 2.45) is 11.3 Å². The molecule has 3 fully saturated rings. The molecule has 0 aromatic heterocycles. The second-order valence-electron chi connectivity index (χ2n) is 13.7. The standard InChI is InChI=1S/C32H44N2O11/c1-29(2,3)45-28(38)34-10-13-40-15-14-39-12-9-33-27(37)41-11-5-6-19-16-24-32(44-24)30(4)8-7-20-21(18-42-26(20)36)22(30)17-23-31(32,43-23)25(19)35/h16,22-24H,5-15,17-18H2,1-4H3,(H,33,37)(H,34,38)/t22?,23-,24-,30-,31+,32+/m0/s1. The highest BCUT2D eigenvalue weighted by Crippen LogP contribution is 2.77. The fraction of sp³-hybridized carbons (Fsp3) is 0.750. The van der Waals surface area contributed by atoms with Gasteiger partial charge in [0.25, 0.3) is 0 Å². The van der Waals surface area contributed by atoms with Gasteiger partial charge in [0.15, 0.2) is 11.4 Å². The Morgan fingerprint density at radius 1 is 1.00 bits per heavy atom. The summed E-state index contributed by atoms with van der Waals surface area (Å²) in [5.41, 5.74) is 0.0533. The van der Waals surface area contributed by atoms with Crippen LogP contribution in [0.2, 0.25) is 0 Å². The third-order valence-corrected chi connectivity index (χ3v) is 9.91. The molecule has 2 spiro atoms. The molecule has 0 aromatic rings. The van der Waals surface area contributed by atoms with Crippen molar-refractivity contribution >= 4 is 23.9 Å². The number of nitrogens with one attached hydrogen (secondary N) is 2. The largest absolute Gasteiger partial charge is 0.458 e. The molecule has 6 aliphatic rings. The number of ether oxygens (including phenoxy) is 7. The van der Waals surface area contributed by atoms with E-state index >= 15 is 0 Å². The Morgan fingerprint density at radius 3 is 2.42 bits per heavy atom. The Hall–Kier alpha value is -3.00. The van der Waals surface area contributed by atoms with Crippen molar-refractivity contribution in [2.75, 3.05) is 52.7 Å². The number of hydrogen-bond acceptors (Lipinski definition) is 11. The van der Waals surface area contributed by atoms with Gasteiger partial charge in [-0.2, -0.15) is 0 Å². The van der Waals surface area contributed by atoms with Crippen LogP contribution >= 0.6 is 0 Å². The molecule has 2 amide bonds. The van der Waals surface area contributed by atoms with E-state index in [4.69, 9.17) is 33.2 Å². The van der Waals surface area contributed by atoms with Gasteiger partial charge in [0.05, 0.1) is 39.1 Å². The van der Waals surface area contributed by atoms with Crippen molar-refractivity contribution in [3.05, 3.63) is 22.8 Å². The summed E-state index contributed by atoms with van der Waals surface area (Å²) in [5.74, 6) is -0.113. The molecule has 0 bridgehead atoms. The molecular weight excluding hydrogens is 588 g/mol. The molecule has 45 heavy (non-hydrogen) atoms. The smallest absolute Gasteiger partial charge is 0.407 e. The van der Waals surface area contributed by atoms with Crippen LogP contribution in [0, 0.1) is 11.3 Å². The normalized spacial score (nSPS) is 33.9. The number of Topliss-reactive ketones (excluding diaryl/α,β-unsaturated/α-hetero) is 1. The van der Waals surface area contributed by atoms with E-state index in [9.17, 15) is 19.2 Å². The molecule has 13 heteroatoms. The average molecular weight is 633 g/mol. The molecule has 0 aromatic carbocycles. The van der Waals surface area contributed by atoms with Gasteiger partial charge in [-0.15, -0.1) is 0 Å². The maximum absolute atomic E-state index is 13.8. The fourth-order valence-corrected chi connectivity index (χ4v) is 7.89. The van der Waals surface area contributed by atoms with E-state index in [-0.39, 0.29) is 48.4 Å². The van der Waals surface area contributed by atoms with Crippen LogP contribution in [-0.2, 0) is 42.7 Å². The molecule has 3 aliphatic heterocycles. The van der Waals surface area contributed by atoms with Gasteiger partial charge in [-0.05, 0) is 76.0 Å². The lowest BCUT2D eigenvalue weighted by Crippen LogP contribution is -2.63. The van der Waals surface area contributed by atoms with E-state index in [1.807, 2.05) is 6.08 Å². The summed E-state index contributed by atoms with van der Waals surface area (Å²) in [6.07, 6.45) is 3.53. The third kappa shape index (κ3) is 5.66. The maximum atomic E-state index is 13.8. The molecule has 13 nitrogen and oxygen atoms in total. The van der Waals surface area contributed by atoms with Crippen LogP contribution in [-0.4, -0.2) is 106 Å². The van der Waals surface area contributed by atoms with Crippen LogP contribution in [0.4, 0.5) is 9.59 Å². The van der Waals surface area contributed by atoms with E-state index in [0.29, 0.717) is 70.8 Å². The molecule has 248 valence electrons. The highest BCUT2D eigenvalue weighted by molar-refractivity contribution is 6.08. The number of ketones is 1. The second kappa shape index (κ2) is 12.0. The summed E-state index contributed by atoms with van der Waals surface area (Å²) >= 11 is 0. The van der Waals surface area contributed by atoms with Crippen LogP contribution in [0.3, 0.4) is 0 Å². The van der Waals surface area contributed by atoms with Crippen LogP contribution in [0.25, 0.3) is 0 Å². The molecule has 2 N–H and O–H groups in total. The Labute approximate surface area is 262 Å². The zero-order valence-corrected chi connectivity index (χ0v) is 26.5. The topological polar surface area (TPSA) is 164 Å². The maximum Gasteiger partial charge on any atom is 0.407 e. The molecule has 6 rings (SSSR count). The zero-order chi connectivity index (χ0) is 32.0. The van der Waals surface area contributed by atoms with Crippen molar-refractivity contribution in [2.45, 2.75) is 88.8 Å². The number of hydrogen-bond donors (Lipinski definition) is 2. The van der Waals surface area contributed by atoms with Gasteiger partial charge in [-0.1, -0.05) is 6.92 Å². The van der Waals surface area contributed by atoms with Gasteiger partial charge < -0.3 is 43.8 Å². The number of amides is 2. The number of carbonyl (C=O) groups is 4. The SMILES string of the molecule is CC(C)(C)OC(=O)NCCOCCOCCNC(=O)OCCCC1=C[C@@H]2O[C@@]23[C@@]2(C)CCC4=C(COC4=O)C2C[C@@H]2O[C@@]23C1=O. The number of alkyl carbamates (subject to hydrolysis) is 2.